The maximum absolute atomic E-state index is 12.5. The average molecular weight is 298 g/mol. The molecule has 0 spiro atoms. The molecule has 1 aromatic rings. The van der Waals surface area contributed by atoms with Gasteiger partial charge in [0.15, 0.2) is 0 Å². The van der Waals surface area contributed by atoms with Gasteiger partial charge in [0.1, 0.15) is 0 Å². The van der Waals surface area contributed by atoms with Crippen molar-refractivity contribution in [2.45, 2.75) is 43.7 Å². The Hall–Kier alpha value is -0.950. The second-order valence-electron chi connectivity index (χ2n) is 5.04. The van der Waals surface area contributed by atoms with E-state index < -0.39 is 10.0 Å². The highest BCUT2D eigenvalue weighted by molar-refractivity contribution is 7.89. The van der Waals surface area contributed by atoms with Gasteiger partial charge in [-0.2, -0.15) is 0 Å². The summed E-state index contributed by atoms with van der Waals surface area (Å²) in [5.74, 6) is 0. The highest BCUT2D eigenvalue weighted by Crippen LogP contribution is 2.20. The van der Waals surface area contributed by atoms with Crippen LogP contribution >= 0.6 is 0 Å². The van der Waals surface area contributed by atoms with Crippen LogP contribution in [0.5, 0.6) is 0 Å². The third-order valence-electron chi connectivity index (χ3n) is 3.52. The summed E-state index contributed by atoms with van der Waals surface area (Å²) in [6, 6.07) is 5.25. The van der Waals surface area contributed by atoms with Crippen LogP contribution in [-0.4, -0.2) is 27.7 Å². The quantitative estimate of drug-likeness (QED) is 0.855. The van der Waals surface area contributed by atoms with E-state index in [2.05, 4.69) is 4.72 Å². The minimum atomic E-state index is -3.52. The topological polar surface area (TPSA) is 81.4 Å². The minimum Gasteiger partial charge on any atom is -0.380 e. The summed E-state index contributed by atoms with van der Waals surface area (Å²) in [5, 5.41) is 0. The molecule has 0 saturated carbocycles. The first-order chi connectivity index (χ1) is 9.56. The second kappa shape index (κ2) is 6.67. The van der Waals surface area contributed by atoms with E-state index in [0.717, 1.165) is 24.0 Å². The standard InChI is InChI=1S/C14H22N2O3S/c1-2-12-6-5-11(9-15)8-14(12)20(17,18)16-13-4-3-7-19-10-13/h5-6,8,13,16H,2-4,7,9-10,15H2,1H3. The molecule has 1 aromatic carbocycles. The second-order valence-corrected chi connectivity index (χ2v) is 6.72. The third kappa shape index (κ3) is 3.58. The van der Waals surface area contributed by atoms with Crippen molar-refractivity contribution in [2.75, 3.05) is 13.2 Å². The maximum Gasteiger partial charge on any atom is 0.241 e. The van der Waals surface area contributed by atoms with Gasteiger partial charge in [0.2, 0.25) is 10.0 Å². The first kappa shape index (κ1) is 15.4. The zero-order valence-electron chi connectivity index (χ0n) is 11.8. The SMILES string of the molecule is CCc1ccc(CN)cc1S(=O)(=O)NC1CCCOC1. The molecule has 0 radical (unpaired) electrons. The van der Waals surface area contributed by atoms with Crippen LogP contribution in [0.25, 0.3) is 0 Å². The van der Waals surface area contributed by atoms with Crippen LogP contribution in [0.2, 0.25) is 0 Å². The molecule has 6 heteroatoms. The van der Waals surface area contributed by atoms with Crippen molar-refractivity contribution >= 4 is 10.0 Å². The molecule has 1 aliphatic rings. The third-order valence-corrected chi connectivity index (χ3v) is 5.12. The molecule has 0 aromatic heterocycles. The number of nitrogens with two attached hydrogens (primary N) is 1. The Morgan fingerprint density at radius 2 is 2.25 bits per heavy atom. The Morgan fingerprint density at radius 1 is 1.45 bits per heavy atom. The molecule has 0 bridgehead atoms. The fraction of sp³-hybridized carbons (Fsp3) is 0.571. The van der Waals surface area contributed by atoms with Gasteiger partial charge in [-0.25, -0.2) is 13.1 Å². The molecule has 1 heterocycles. The summed E-state index contributed by atoms with van der Waals surface area (Å²) < 4.78 is 33.1. The molecule has 1 unspecified atom stereocenters. The number of benzene rings is 1. The Labute approximate surface area is 120 Å². The van der Waals surface area contributed by atoms with E-state index in [-0.39, 0.29) is 6.04 Å². The van der Waals surface area contributed by atoms with Crippen molar-refractivity contribution in [3.05, 3.63) is 29.3 Å². The van der Waals surface area contributed by atoms with E-state index in [1.54, 1.807) is 6.07 Å². The van der Waals surface area contributed by atoms with Crippen LogP contribution in [0.1, 0.15) is 30.9 Å². The Bertz CT molecular complexity index is 552. The fourth-order valence-corrected chi connectivity index (χ4v) is 4.00. The van der Waals surface area contributed by atoms with E-state index in [4.69, 9.17) is 10.5 Å². The highest BCUT2D eigenvalue weighted by atomic mass is 32.2. The molecule has 1 atom stereocenters. The van der Waals surface area contributed by atoms with Crippen LogP contribution < -0.4 is 10.5 Å². The van der Waals surface area contributed by atoms with Crippen molar-refractivity contribution in [1.29, 1.82) is 0 Å². The molecule has 2 rings (SSSR count). The molecule has 20 heavy (non-hydrogen) atoms. The van der Waals surface area contributed by atoms with Gasteiger partial charge in [0, 0.05) is 19.2 Å². The summed E-state index contributed by atoms with van der Waals surface area (Å²) in [5.41, 5.74) is 7.24. The molecule has 3 N–H and O–H groups in total. The van der Waals surface area contributed by atoms with Crippen molar-refractivity contribution in [2.24, 2.45) is 5.73 Å². The largest absolute Gasteiger partial charge is 0.380 e. The zero-order valence-corrected chi connectivity index (χ0v) is 12.6. The minimum absolute atomic E-state index is 0.139. The molecule has 1 aliphatic heterocycles. The molecular formula is C14H22N2O3S. The lowest BCUT2D eigenvalue weighted by Crippen LogP contribution is -2.40. The number of rotatable bonds is 5. The fourth-order valence-electron chi connectivity index (χ4n) is 2.38. The molecule has 1 saturated heterocycles. The van der Waals surface area contributed by atoms with Crippen molar-refractivity contribution in [3.63, 3.8) is 0 Å². The maximum atomic E-state index is 12.5. The first-order valence-electron chi connectivity index (χ1n) is 6.98. The van der Waals surface area contributed by atoms with Gasteiger partial charge in [-0.15, -0.1) is 0 Å². The summed E-state index contributed by atoms with van der Waals surface area (Å²) in [4.78, 5) is 0.341. The van der Waals surface area contributed by atoms with Crippen molar-refractivity contribution < 1.29 is 13.2 Å². The van der Waals surface area contributed by atoms with E-state index in [9.17, 15) is 8.42 Å². The normalized spacial score (nSPS) is 20.0. The van der Waals surface area contributed by atoms with Crippen LogP contribution in [-0.2, 0) is 27.7 Å². The Morgan fingerprint density at radius 3 is 2.85 bits per heavy atom. The highest BCUT2D eigenvalue weighted by Gasteiger charge is 2.24. The number of ether oxygens (including phenoxy) is 1. The van der Waals surface area contributed by atoms with E-state index in [1.807, 2.05) is 19.1 Å². The van der Waals surface area contributed by atoms with Crippen LogP contribution in [0.4, 0.5) is 0 Å². The number of hydrogen-bond acceptors (Lipinski definition) is 4. The summed E-state index contributed by atoms with van der Waals surface area (Å²) in [6.07, 6.45) is 2.37. The van der Waals surface area contributed by atoms with Gasteiger partial charge in [0.05, 0.1) is 11.5 Å². The monoisotopic (exact) mass is 298 g/mol. The van der Waals surface area contributed by atoms with Crippen molar-refractivity contribution in [1.82, 2.24) is 4.72 Å². The Kier molecular flexibility index (Phi) is 5.15. The molecule has 112 valence electrons. The van der Waals surface area contributed by atoms with Crippen molar-refractivity contribution in [3.8, 4) is 0 Å². The van der Waals surface area contributed by atoms with E-state index >= 15 is 0 Å². The smallest absolute Gasteiger partial charge is 0.241 e. The summed E-state index contributed by atoms with van der Waals surface area (Å²) >= 11 is 0. The summed E-state index contributed by atoms with van der Waals surface area (Å²) in [6.45, 7) is 3.43. The molecular weight excluding hydrogens is 276 g/mol. The molecule has 0 aliphatic carbocycles. The average Bonchev–Trinajstić information content (AvgIpc) is 2.47. The molecule has 5 nitrogen and oxygen atoms in total. The van der Waals surface area contributed by atoms with Gasteiger partial charge >= 0.3 is 0 Å². The number of nitrogens with one attached hydrogen (secondary N) is 1. The lowest BCUT2D eigenvalue weighted by Gasteiger charge is -2.23. The van der Waals surface area contributed by atoms with E-state index in [1.165, 1.54) is 0 Å². The zero-order chi connectivity index (χ0) is 14.6. The van der Waals surface area contributed by atoms with E-state index in [0.29, 0.717) is 31.1 Å². The number of hydrogen-bond donors (Lipinski definition) is 2. The summed E-state index contributed by atoms with van der Waals surface area (Å²) in [7, 11) is -3.52. The van der Waals surface area contributed by atoms with Gasteiger partial charge in [-0.05, 0) is 36.5 Å². The lowest BCUT2D eigenvalue weighted by atomic mass is 10.1. The number of sulfonamides is 1. The lowest BCUT2D eigenvalue weighted by molar-refractivity contribution is 0.0774. The van der Waals surface area contributed by atoms with Crippen LogP contribution in [0, 0.1) is 0 Å². The van der Waals surface area contributed by atoms with Gasteiger partial charge < -0.3 is 10.5 Å². The Balaban J connectivity index is 2.27. The van der Waals surface area contributed by atoms with Crippen LogP contribution in [0.3, 0.4) is 0 Å². The first-order valence-corrected chi connectivity index (χ1v) is 8.47. The predicted octanol–water partition coefficient (Wildman–Crippen LogP) is 1.17. The van der Waals surface area contributed by atoms with Gasteiger partial charge in [-0.3, -0.25) is 0 Å². The molecule has 1 fully saturated rings. The predicted molar refractivity (Wildman–Crippen MR) is 77.9 cm³/mol. The van der Waals surface area contributed by atoms with Gasteiger partial charge in [0.25, 0.3) is 0 Å². The molecule has 0 amide bonds. The number of aryl methyl sites for hydroxylation is 1. The van der Waals surface area contributed by atoms with Gasteiger partial charge in [-0.1, -0.05) is 19.1 Å². The van der Waals surface area contributed by atoms with Crippen LogP contribution in [0.15, 0.2) is 23.1 Å².